The number of aryl methyl sites for hydroxylation is 1. The van der Waals surface area contributed by atoms with Crippen molar-refractivity contribution in [3.8, 4) is 0 Å². The van der Waals surface area contributed by atoms with Gasteiger partial charge in [0.05, 0.1) is 12.2 Å². The molecule has 0 N–H and O–H groups in total. The second-order valence-electron chi connectivity index (χ2n) is 4.92. The van der Waals surface area contributed by atoms with Gasteiger partial charge in [0.25, 0.3) is 0 Å². The van der Waals surface area contributed by atoms with E-state index in [1.54, 1.807) is 11.0 Å². The summed E-state index contributed by atoms with van der Waals surface area (Å²) in [6, 6.07) is 9.80. The number of rotatable bonds is 2. The lowest BCUT2D eigenvalue weighted by Gasteiger charge is -2.24. The van der Waals surface area contributed by atoms with Crippen molar-refractivity contribution >= 4 is 12.0 Å². The largest absolute Gasteiger partial charge is 0.359 e. The Labute approximate surface area is 117 Å². The summed E-state index contributed by atoms with van der Waals surface area (Å²) in [5, 5.41) is 3.95. The van der Waals surface area contributed by atoms with E-state index in [-0.39, 0.29) is 5.91 Å². The zero-order valence-corrected chi connectivity index (χ0v) is 11.4. The highest BCUT2D eigenvalue weighted by atomic mass is 16.5. The van der Waals surface area contributed by atoms with Gasteiger partial charge in [-0.1, -0.05) is 35.5 Å². The number of aromatic nitrogens is 1. The molecule has 0 saturated carbocycles. The molecule has 2 heterocycles. The number of benzene rings is 1. The van der Waals surface area contributed by atoms with Crippen LogP contribution < -0.4 is 0 Å². The van der Waals surface area contributed by atoms with Crippen LogP contribution in [0.25, 0.3) is 6.08 Å². The molecule has 3 rings (SSSR count). The molecule has 0 bridgehead atoms. The zero-order valence-electron chi connectivity index (χ0n) is 11.4. The third kappa shape index (κ3) is 2.50. The first-order chi connectivity index (χ1) is 9.74. The molecule has 0 atom stereocenters. The van der Waals surface area contributed by atoms with E-state index in [0.29, 0.717) is 13.1 Å². The molecule has 0 fully saturated rings. The third-order valence-corrected chi connectivity index (χ3v) is 3.56. The molecule has 1 amide bonds. The molecule has 0 saturated heterocycles. The predicted molar refractivity (Wildman–Crippen MR) is 75.8 cm³/mol. The molecule has 1 aromatic carbocycles. The Bertz CT molecular complexity index is 644. The van der Waals surface area contributed by atoms with Crippen LogP contribution in [0.4, 0.5) is 0 Å². The van der Waals surface area contributed by atoms with Crippen LogP contribution in [0.2, 0.25) is 0 Å². The zero-order chi connectivity index (χ0) is 13.9. The lowest BCUT2D eigenvalue weighted by Crippen LogP contribution is -2.34. The smallest absolute Gasteiger partial charge is 0.246 e. The van der Waals surface area contributed by atoms with Gasteiger partial charge in [0.1, 0.15) is 0 Å². The molecule has 0 aliphatic carbocycles. The number of fused-ring (bicyclic) bond motifs is 1. The minimum absolute atomic E-state index is 0.00792. The predicted octanol–water partition coefficient (Wildman–Crippen LogP) is 2.58. The van der Waals surface area contributed by atoms with Gasteiger partial charge < -0.3 is 9.42 Å². The summed E-state index contributed by atoms with van der Waals surface area (Å²) in [5.74, 6) is 0.823. The van der Waals surface area contributed by atoms with Gasteiger partial charge in [0, 0.05) is 18.2 Å². The first kappa shape index (κ1) is 12.7. The van der Waals surface area contributed by atoms with Gasteiger partial charge in [-0.3, -0.25) is 4.79 Å². The van der Waals surface area contributed by atoms with E-state index in [0.717, 1.165) is 29.0 Å². The maximum absolute atomic E-state index is 12.2. The van der Waals surface area contributed by atoms with Crippen LogP contribution in [0.15, 0.2) is 40.9 Å². The molecule has 102 valence electrons. The first-order valence-corrected chi connectivity index (χ1v) is 6.70. The highest BCUT2D eigenvalue weighted by Crippen LogP contribution is 2.21. The maximum Gasteiger partial charge on any atom is 0.246 e. The van der Waals surface area contributed by atoms with E-state index in [4.69, 9.17) is 4.52 Å². The number of hydrogen-bond donors (Lipinski definition) is 0. The van der Waals surface area contributed by atoms with E-state index in [1.807, 2.05) is 43.3 Å². The van der Waals surface area contributed by atoms with Crippen molar-refractivity contribution in [3.63, 3.8) is 0 Å². The molecule has 0 radical (unpaired) electrons. The van der Waals surface area contributed by atoms with Crippen LogP contribution in [0.3, 0.4) is 0 Å². The lowest BCUT2D eigenvalue weighted by molar-refractivity contribution is -0.127. The summed E-state index contributed by atoms with van der Waals surface area (Å²) >= 11 is 0. The SMILES string of the molecule is Cc1noc2c1CCN(C(=O)/C=C/c1ccccc1)C2. The van der Waals surface area contributed by atoms with Gasteiger partial charge in [0.15, 0.2) is 5.76 Å². The van der Waals surface area contributed by atoms with Gasteiger partial charge in [-0.2, -0.15) is 0 Å². The number of nitrogens with zero attached hydrogens (tertiary/aromatic N) is 2. The molecular weight excluding hydrogens is 252 g/mol. The van der Waals surface area contributed by atoms with Crippen LogP contribution in [0.1, 0.15) is 22.6 Å². The van der Waals surface area contributed by atoms with Gasteiger partial charge in [0.2, 0.25) is 5.91 Å². The van der Waals surface area contributed by atoms with Gasteiger partial charge in [-0.05, 0) is 25.0 Å². The quantitative estimate of drug-likeness (QED) is 0.786. The Balaban J connectivity index is 1.69. The van der Waals surface area contributed by atoms with Crippen LogP contribution >= 0.6 is 0 Å². The number of carbonyl (C=O) groups is 1. The van der Waals surface area contributed by atoms with Gasteiger partial charge in [-0.15, -0.1) is 0 Å². The van der Waals surface area contributed by atoms with Crippen molar-refractivity contribution in [1.29, 1.82) is 0 Å². The lowest BCUT2D eigenvalue weighted by atomic mass is 10.1. The molecule has 0 unspecified atom stereocenters. The molecule has 2 aromatic rings. The minimum Gasteiger partial charge on any atom is -0.359 e. The summed E-state index contributed by atoms with van der Waals surface area (Å²) in [4.78, 5) is 13.9. The number of hydrogen-bond acceptors (Lipinski definition) is 3. The highest BCUT2D eigenvalue weighted by Gasteiger charge is 2.24. The van der Waals surface area contributed by atoms with Crippen LogP contribution in [-0.4, -0.2) is 22.5 Å². The molecule has 4 nitrogen and oxygen atoms in total. The molecule has 1 aromatic heterocycles. The number of carbonyl (C=O) groups excluding carboxylic acids is 1. The molecule has 4 heteroatoms. The fourth-order valence-corrected chi connectivity index (χ4v) is 2.40. The molecule has 0 spiro atoms. The van der Waals surface area contributed by atoms with E-state index in [1.165, 1.54) is 0 Å². The standard InChI is InChI=1S/C16H16N2O2/c1-12-14-9-10-18(11-15(14)20-17-12)16(19)8-7-13-5-3-2-4-6-13/h2-8H,9-11H2,1H3/b8-7+. The topological polar surface area (TPSA) is 46.3 Å². The summed E-state index contributed by atoms with van der Waals surface area (Å²) in [7, 11) is 0. The van der Waals surface area contributed by atoms with Crippen LogP contribution in [0, 0.1) is 6.92 Å². The first-order valence-electron chi connectivity index (χ1n) is 6.70. The second-order valence-corrected chi connectivity index (χ2v) is 4.92. The molecular formula is C16H16N2O2. The van der Waals surface area contributed by atoms with E-state index >= 15 is 0 Å². The minimum atomic E-state index is 0.00792. The normalized spacial score (nSPS) is 14.6. The van der Waals surface area contributed by atoms with Gasteiger partial charge >= 0.3 is 0 Å². The highest BCUT2D eigenvalue weighted by molar-refractivity contribution is 5.91. The summed E-state index contributed by atoms with van der Waals surface area (Å²) in [6.45, 7) is 3.16. The Kier molecular flexibility index (Phi) is 3.37. The van der Waals surface area contributed by atoms with Crippen molar-refractivity contribution in [2.24, 2.45) is 0 Å². The van der Waals surface area contributed by atoms with Gasteiger partial charge in [-0.25, -0.2) is 0 Å². The molecule has 20 heavy (non-hydrogen) atoms. The van der Waals surface area contributed by atoms with E-state index in [9.17, 15) is 4.79 Å². The Hall–Kier alpha value is -2.36. The summed E-state index contributed by atoms with van der Waals surface area (Å²) < 4.78 is 5.26. The Morgan fingerprint density at radius 2 is 2.15 bits per heavy atom. The average molecular weight is 268 g/mol. The average Bonchev–Trinajstić information content (AvgIpc) is 2.87. The summed E-state index contributed by atoms with van der Waals surface area (Å²) in [5.41, 5.74) is 3.11. The fraction of sp³-hybridized carbons (Fsp3) is 0.250. The van der Waals surface area contributed by atoms with Crippen molar-refractivity contribution in [3.05, 3.63) is 59.0 Å². The maximum atomic E-state index is 12.2. The number of amides is 1. The Morgan fingerprint density at radius 1 is 1.35 bits per heavy atom. The van der Waals surface area contributed by atoms with E-state index in [2.05, 4.69) is 5.16 Å². The van der Waals surface area contributed by atoms with Crippen molar-refractivity contribution < 1.29 is 9.32 Å². The molecule has 1 aliphatic heterocycles. The van der Waals surface area contributed by atoms with Crippen molar-refractivity contribution in [1.82, 2.24) is 10.1 Å². The summed E-state index contributed by atoms with van der Waals surface area (Å²) in [6.07, 6.45) is 4.27. The Morgan fingerprint density at radius 3 is 2.95 bits per heavy atom. The third-order valence-electron chi connectivity index (χ3n) is 3.56. The monoisotopic (exact) mass is 268 g/mol. The van der Waals surface area contributed by atoms with Crippen molar-refractivity contribution in [2.45, 2.75) is 19.9 Å². The second kappa shape index (κ2) is 5.33. The van der Waals surface area contributed by atoms with Crippen LogP contribution in [0.5, 0.6) is 0 Å². The van der Waals surface area contributed by atoms with Crippen molar-refractivity contribution in [2.75, 3.05) is 6.54 Å². The van der Waals surface area contributed by atoms with Crippen LogP contribution in [-0.2, 0) is 17.8 Å². The molecule has 1 aliphatic rings. The fourth-order valence-electron chi connectivity index (χ4n) is 2.40. The van der Waals surface area contributed by atoms with E-state index < -0.39 is 0 Å².